The van der Waals surface area contributed by atoms with Crippen molar-refractivity contribution in [1.29, 1.82) is 0 Å². The van der Waals surface area contributed by atoms with Crippen molar-refractivity contribution in [1.82, 2.24) is 0 Å². The summed E-state index contributed by atoms with van der Waals surface area (Å²) in [5.41, 5.74) is 1.76. The molecule has 5 heteroatoms. The second kappa shape index (κ2) is 9.87. The minimum atomic E-state index is -0.383. The summed E-state index contributed by atoms with van der Waals surface area (Å²) < 4.78 is 5.19. The predicted octanol–water partition coefficient (Wildman–Crippen LogP) is 6.04. The quantitative estimate of drug-likeness (QED) is 0.549. The van der Waals surface area contributed by atoms with E-state index >= 15 is 0 Å². The van der Waals surface area contributed by atoms with E-state index in [4.69, 9.17) is 4.74 Å². The Bertz CT molecular complexity index is 790. The fourth-order valence-electron chi connectivity index (χ4n) is 3.22. The summed E-state index contributed by atoms with van der Waals surface area (Å²) in [6.07, 6.45) is 2.04. The van der Waals surface area contributed by atoms with Crippen molar-refractivity contribution in [3.05, 3.63) is 52.4 Å². The Morgan fingerprint density at radius 1 is 1.18 bits per heavy atom. The number of ether oxygens (including phenoxy) is 1. The smallest absolute Gasteiger partial charge is 0.341 e. The maximum absolute atomic E-state index is 12.5. The molecule has 0 fully saturated rings. The summed E-state index contributed by atoms with van der Waals surface area (Å²) in [4.78, 5) is 25.9. The first kappa shape index (κ1) is 22.2. The van der Waals surface area contributed by atoms with E-state index < -0.39 is 0 Å². The highest BCUT2D eigenvalue weighted by Gasteiger charge is 2.24. The van der Waals surface area contributed by atoms with Gasteiger partial charge in [0.25, 0.3) is 0 Å². The first-order chi connectivity index (χ1) is 13.2. The number of carbonyl (C=O) groups is 2. The van der Waals surface area contributed by atoms with Crippen molar-refractivity contribution in [2.24, 2.45) is 5.41 Å². The molecule has 0 aliphatic rings. The highest BCUT2D eigenvalue weighted by molar-refractivity contribution is 7.16. The van der Waals surface area contributed by atoms with Crippen LogP contribution in [-0.2, 0) is 16.0 Å². The van der Waals surface area contributed by atoms with Crippen molar-refractivity contribution < 1.29 is 14.3 Å². The average molecular weight is 402 g/mol. The second-order valence-corrected chi connectivity index (χ2v) is 9.40. The molecule has 1 atom stereocenters. The summed E-state index contributed by atoms with van der Waals surface area (Å²) >= 11 is 1.48. The number of hydrogen-bond acceptors (Lipinski definition) is 4. The van der Waals surface area contributed by atoms with Gasteiger partial charge in [-0.05, 0) is 42.7 Å². The number of aryl methyl sites for hydroxylation is 1. The third-order valence-corrected chi connectivity index (χ3v) is 5.67. The Kier molecular flexibility index (Phi) is 7.81. The van der Waals surface area contributed by atoms with Gasteiger partial charge < -0.3 is 10.1 Å². The monoisotopic (exact) mass is 401 g/mol. The average Bonchev–Trinajstić information content (AvgIpc) is 3.04. The molecule has 0 bridgehead atoms. The molecule has 0 saturated carbocycles. The Hall–Kier alpha value is -2.14. The number of amides is 1. The van der Waals surface area contributed by atoms with Crippen LogP contribution in [0.2, 0.25) is 0 Å². The van der Waals surface area contributed by atoms with Gasteiger partial charge >= 0.3 is 5.97 Å². The van der Waals surface area contributed by atoms with Crippen LogP contribution in [0.25, 0.3) is 0 Å². The summed E-state index contributed by atoms with van der Waals surface area (Å²) in [5.74, 6) is -0.175. The van der Waals surface area contributed by atoms with Crippen molar-refractivity contribution in [3.63, 3.8) is 0 Å². The van der Waals surface area contributed by atoms with Crippen LogP contribution in [0, 0.1) is 5.41 Å². The van der Waals surface area contributed by atoms with Gasteiger partial charge in [0.05, 0.1) is 12.2 Å². The van der Waals surface area contributed by atoms with Gasteiger partial charge in [0, 0.05) is 11.3 Å². The summed E-state index contributed by atoms with van der Waals surface area (Å²) in [7, 11) is 0. The summed E-state index contributed by atoms with van der Waals surface area (Å²) in [6, 6.07) is 11.8. The largest absolute Gasteiger partial charge is 0.462 e. The van der Waals surface area contributed by atoms with E-state index in [2.05, 4.69) is 33.0 Å². The zero-order chi connectivity index (χ0) is 20.7. The highest BCUT2D eigenvalue weighted by atomic mass is 32.1. The van der Waals surface area contributed by atoms with E-state index in [0.717, 1.165) is 16.9 Å². The molecular weight excluding hydrogens is 370 g/mol. The maximum Gasteiger partial charge on any atom is 0.341 e. The maximum atomic E-state index is 12.5. The van der Waals surface area contributed by atoms with Crippen LogP contribution in [-0.4, -0.2) is 18.5 Å². The van der Waals surface area contributed by atoms with Crippen LogP contribution in [0.4, 0.5) is 5.00 Å². The molecule has 1 aromatic heterocycles. The van der Waals surface area contributed by atoms with Crippen molar-refractivity contribution in [2.75, 3.05) is 11.9 Å². The van der Waals surface area contributed by atoms with E-state index in [1.165, 1.54) is 11.3 Å². The van der Waals surface area contributed by atoms with Gasteiger partial charge in [-0.2, -0.15) is 0 Å². The number of thiophene rings is 1. The molecule has 1 aromatic carbocycles. The van der Waals surface area contributed by atoms with Gasteiger partial charge in [-0.1, -0.05) is 58.0 Å². The number of hydrogen-bond donors (Lipinski definition) is 1. The topological polar surface area (TPSA) is 55.4 Å². The van der Waals surface area contributed by atoms with Crippen LogP contribution < -0.4 is 5.32 Å². The lowest BCUT2D eigenvalue weighted by atomic mass is 9.85. The van der Waals surface area contributed by atoms with Crippen LogP contribution >= 0.6 is 11.3 Å². The molecule has 2 aromatic rings. The first-order valence-electron chi connectivity index (χ1n) is 9.84. The zero-order valence-electron chi connectivity index (χ0n) is 17.5. The van der Waals surface area contributed by atoms with Crippen molar-refractivity contribution >= 4 is 28.2 Å². The lowest BCUT2D eigenvalue weighted by molar-refractivity contribution is -0.116. The Labute approximate surface area is 172 Å². The molecule has 4 nitrogen and oxygen atoms in total. The molecule has 0 aliphatic carbocycles. The van der Waals surface area contributed by atoms with E-state index in [1.54, 1.807) is 6.92 Å². The number of carbonyl (C=O) groups excluding carboxylic acids is 2. The number of nitrogens with one attached hydrogen (secondary N) is 1. The molecule has 28 heavy (non-hydrogen) atoms. The minimum Gasteiger partial charge on any atom is -0.462 e. The van der Waals surface area contributed by atoms with Crippen LogP contribution in [0.5, 0.6) is 0 Å². The van der Waals surface area contributed by atoms with Gasteiger partial charge in [0.2, 0.25) is 5.91 Å². The third-order valence-electron chi connectivity index (χ3n) is 4.39. The molecule has 1 amide bonds. The fourth-order valence-corrected chi connectivity index (χ4v) is 4.33. The fraction of sp³-hybridized carbons (Fsp3) is 0.478. The molecule has 0 saturated heterocycles. The second-order valence-electron chi connectivity index (χ2n) is 8.31. The molecule has 1 heterocycles. The molecule has 0 aliphatic heterocycles. The lowest BCUT2D eigenvalue weighted by Crippen LogP contribution is -2.14. The van der Waals surface area contributed by atoms with Gasteiger partial charge in [-0.25, -0.2) is 4.79 Å². The summed E-state index contributed by atoms with van der Waals surface area (Å²) in [5, 5.41) is 3.53. The molecule has 152 valence electrons. The number of anilines is 1. The molecule has 2 rings (SSSR count). The lowest BCUT2D eigenvalue weighted by Gasteiger charge is -2.22. The third kappa shape index (κ3) is 6.79. The number of esters is 1. The number of rotatable bonds is 8. The van der Waals surface area contributed by atoms with E-state index in [9.17, 15) is 9.59 Å². The Morgan fingerprint density at radius 3 is 2.46 bits per heavy atom. The molecule has 1 unspecified atom stereocenters. The van der Waals surface area contributed by atoms with Gasteiger partial charge in [-0.15, -0.1) is 11.3 Å². The Morgan fingerprint density at radius 2 is 1.86 bits per heavy atom. The van der Waals surface area contributed by atoms with Gasteiger partial charge in [-0.3, -0.25) is 4.79 Å². The molecular formula is C23H31NO3S. The minimum absolute atomic E-state index is 0.0914. The highest BCUT2D eigenvalue weighted by Crippen LogP contribution is 2.38. The normalized spacial score (nSPS) is 12.5. The van der Waals surface area contributed by atoms with Gasteiger partial charge in [0.1, 0.15) is 5.00 Å². The Balaban J connectivity index is 2.13. The first-order valence-corrected chi connectivity index (χ1v) is 10.7. The van der Waals surface area contributed by atoms with E-state index in [1.807, 2.05) is 36.4 Å². The summed E-state index contributed by atoms with van der Waals surface area (Å²) in [6.45, 7) is 10.9. The molecule has 1 N–H and O–H groups in total. The zero-order valence-corrected chi connectivity index (χ0v) is 18.3. The van der Waals surface area contributed by atoms with Crippen LogP contribution in [0.3, 0.4) is 0 Å². The molecule has 0 radical (unpaired) electrons. The van der Waals surface area contributed by atoms with Crippen LogP contribution in [0.1, 0.15) is 74.2 Å². The number of benzene rings is 1. The predicted molar refractivity (Wildman–Crippen MR) is 116 cm³/mol. The van der Waals surface area contributed by atoms with Crippen molar-refractivity contribution in [2.45, 2.75) is 59.8 Å². The van der Waals surface area contributed by atoms with E-state index in [-0.39, 0.29) is 17.3 Å². The molecule has 0 spiro atoms. The van der Waals surface area contributed by atoms with E-state index in [0.29, 0.717) is 35.9 Å². The van der Waals surface area contributed by atoms with Crippen LogP contribution in [0.15, 0.2) is 36.4 Å². The van der Waals surface area contributed by atoms with Crippen molar-refractivity contribution in [3.8, 4) is 0 Å². The standard InChI is InChI=1S/C23H31NO3S/c1-6-27-22(26)18-14-19(16(2)15-23(3,4)5)28-21(18)24-20(25)13-12-17-10-8-7-9-11-17/h7-11,14,16H,6,12-13,15H2,1-5H3,(H,24,25). The van der Waals surface area contributed by atoms with Gasteiger partial charge in [0.15, 0.2) is 0 Å². The SMILES string of the molecule is CCOC(=O)c1cc(C(C)CC(C)(C)C)sc1NC(=O)CCc1ccccc1.